The highest BCUT2D eigenvalue weighted by atomic mass is 19.2. The number of allylic oxidation sites excluding steroid dienone is 2. The van der Waals surface area contributed by atoms with E-state index in [9.17, 15) is 18.0 Å². The first kappa shape index (κ1) is 13.8. The lowest BCUT2D eigenvalue weighted by atomic mass is 9.94. The Hall–Kier alpha value is -1.58. The van der Waals surface area contributed by atoms with Crippen LogP contribution in [0, 0.1) is 17.5 Å². The Kier molecular flexibility index (Phi) is 4.40. The monoisotopic (exact) mass is 268 g/mol. The minimum absolute atomic E-state index is 0.122. The molecule has 0 atom stereocenters. The molecule has 0 saturated carbocycles. The molecule has 0 saturated heterocycles. The van der Waals surface area contributed by atoms with Gasteiger partial charge < -0.3 is 0 Å². The molecular weight excluding hydrogens is 253 g/mol. The number of benzene rings is 1. The lowest BCUT2D eigenvalue weighted by Gasteiger charge is -2.11. The summed E-state index contributed by atoms with van der Waals surface area (Å²) in [6.07, 6.45) is 7.34. The Balaban J connectivity index is 2.27. The Labute approximate surface area is 110 Å². The first-order valence-electron chi connectivity index (χ1n) is 6.48. The van der Waals surface area contributed by atoms with Gasteiger partial charge in [0.1, 0.15) is 0 Å². The maximum atomic E-state index is 13.1. The lowest BCUT2D eigenvalue weighted by molar-refractivity contribution is 0.102. The first-order chi connectivity index (χ1) is 9.09. The van der Waals surface area contributed by atoms with Crippen molar-refractivity contribution < 1.29 is 18.0 Å². The van der Waals surface area contributed by atoms with Crippen molar-refractivity contribution in [2.24, 2.45) is 0 Å². The van der Waals surface area contributed by atoms with E-state index in [1.54, 1.807) is 0 Å². The minimum Gasteiger partial charge on any atom is -0.289 e. The van der Waals surface area contributed by atoms with Gasteiger partial charge in [-0.2, -0.15) is 0 Å². The number of ketones is 1. The van der Waals surface area contributed by atoms with Crippen LogP contribution in [0.15, 0.2) is 23.8 Å². The molecular formula is C15H15F3O. The van der Waals surface area contributed by atoms with E-state index in [0.717, 1.165) is 44.2 Å². The molecule has 0 amide bonds. The molecule has 0 unspecified atom stereocenters. The second-order valence-corrected chi connectivity index (χ2v) is 4.77. The quantitative estimate of drug-likeness (QED) is 0.567. The number of hydrogen-bond donors (Lipinski definition) is 0. The molecule has 1 aromatic carbocycles. The van der Waals surface area contributed by atoms with Crippen molar-refractivity contribution in [3.8, 4) is 0 Å². The average Bonchev–Trinajstić information content (AvgIpc) is 2.34. The van der Waals surface area contributed by atoms with Crippen LogP contribution in [0.25, 0.3) is 0 Å². The Bertz CT molecular complexity index is 497. The number of carbonyl (C=O) groups is 1. The highest BCUT2D eigenvalue weighted by Crippen LogP contribution is 2.22. The normalized spacial score (nSPS) is 19.2. The van der Waals surface area contributed by atoms with Crippen LogP contribution in [-0.2, 0) is 0 Å². The third-order valence-corrected chi connectivity index (χ3v) is 3.33. The van der Waals surface area contributed by atoms with E-state index in [1.807, 2.05) is 6.08 Å². The van der Waals surface area contributed by atoms with Gasteiger partial charge in [-0.25, -0.2) is 13.2 Å². The molecule has 0 radical (unpaired) electrons. The zero-order valence-electron chi connectivity index (χ0n) is 10.5. The highest BCUT2D eigenvalue weighted by Gasteiger charge is 2.18. The van der Waals surface area contributed by atoms with Crippen molar-refractivity contribution in [2.45, 2.75) is 38.5 Å². The predicted molar refractivity (Wildman–Crippen MR) is 66.4 cm³/mol. The second-order valence-electron chi connectivity index (χ2n) is 4.77. The van der Waals surface area contributed by atoms with Crippen molar-refractivity contribution in [2.75, 3.05) is 0 Å². The van der Waals surface area contributed by atoms with E-state index < -0.39 is 23.2 Å². The molecule has 0 spiro atoms. The van der Waals surface area contributed by atoms with Crippen molar-refractivity contribution in [1.82, 2.24) is 0 Å². The molecule has 0 aliphatic heterocycles. The molecule has 2 rings (SSSR count). The number of halogens is 3. The molecule has 1 aromatic rings. The fourth-order valence-corrected chi connectivity index (χ4v) is 2.27. The number of rotatable bonds is 2. The number of carbonyl (C=O) groups excluding carboxylic acids is 1. The van der Waals surface area contributed by atoms with Crippen molar-refractivity contribution in [3.05, 3.63) is 46.8 Å². The van der Waals surface area contributed by atoms with Crippen LogP contribution < -0.4 is 0 Å². The largest absolute Gasteiger partial charge is 0.289 e. The zero-order chi connectivity index (χ0) is 13.8. The summed E-state index contributed by atoms with van der Waals surface area (Å²) in [6.45, 7) is 0. The Morgan fingerprint density at radius 3 is 2.26 bits per heavy atom. The van der Waals surface area contributed by atoms with Gasteiger partial charge in [0.2, 0.25) is 0 Å². The molecule has 102 valence electrons. The summed E-state index contributed by atoms with van der Waals surface area (Å²) in [6, 6.07) is 1.53. The van der Waals surface area contributed by atoms with Gasteiger partial charge in [0.15, 0.2) is 23.2 Å². The van der Waals surface area contributed by atoms with Crippen LogP contribution in [0.5, 0.6) is 0 Å². The fraction of sp³-hybridized carbons (Fsp3) is 0.400. The standard InChI is InChI=1S/C15H15F3O/c16-12-8-11(9-13(17)14(12)18)15(19)10-6-4-2-1-3-5-7-10/h6,8-9H,1-5,7H2/b10-6+. The van der Waals surface area contributed by atoms with Crippen LogP contribution in [-0.4, -0.2) is 5.78 Å². The molecule has 1 aliphatic rings. The molecule has 4 heteroatoms. The van der Waals surface area contributed by atoms with Crippen LogP contribution >= 0.6 is 0 Å². The number of hydrogen-bond acceptors (Lipinski definition) is 1. The molecule has 0 aromatic heterocycles. The zero-order valence-corrected chi connectivity index (χ0v) is 10.5. The molecule has 0 heterocycles. The van der Waals surface area contributed by atoms with Gasteiger partial charge in [-0.15, -0.1) is 0 Å². The predicted octanol–water partition coefficient (Wildman–Crippen LogP) is 4.57. The van der Waals surface area contributed by atoms with E-state index in [-0.39, 0.29) is 5.56 Å². The van der Waals surface area contributed by atoms with Crippen LogP contribution in [0.3, 0.4) is 0 Å². The summed E-state index contributed by atoms with van der Waals surface area (Å²) < 4.78 is 39.1. The molecule has 0 N–H and O–H groups in total. The van der Waals surface area contributed by atoms with Crippen LogP contribution in [0.1, 0.15) is 48.9 Å². The maximum absolute atomic E-state index is 13.1. The van der Waals surface area contributed by atoms with E-state index in [1.165, 1.54) is 0 Å². The highest BCUT2D eigenvalue weighted by molar-refractivity contribution is 6.08. The van der Waals surface area contributed by atoms with E-state index >= 15 is 0 Å². The third-order valence-electron chi connectivity index (χ3n) is 3.33. The third kappa shape index (κ3) is 3.25. The summed E-state index contributed by atoms with van der Waals surface area (Å²) in [5, 5.41) is 0. The summed E-state index contributed by atoms with van der Waals surface area (Å²) >= 11 is 0. The van der Waals surface area contributed by atoms with Crippen molar-refractivity contribution >= 4 is 5.78 Å². The average molecular weight is 268 g/mol. The second kappa shape index (κ2) is 6.04. The lowest BCUT2D eigenvalue weighted by Crippen LogP contribution is -2.07. The SMILES string of the molecule is O=C(/C1=C/CCCCCC1)c1cc(F)c(F)c(F)c1. The summed E-state index contributed by atoms with van der Waals surface area (Å²) in [5.74, 6) is -4.59. The summed E-state index contributed by atoms with van der Waals surface area (Å²) in [5.41, 5.74) is 0.452. The molecule has 19 heavy (non-hydrogen) atoms. The van der Waals surface area contributed by atoms with Crippen molar-refractivity contribution in [3.63, 3.8) is 0 Å². The van der Waals surface area contributed by atoms with E-state index in [0.29, 0.717) is 12.0 Å². The number of Topliss-reactive ketones (excluding diaryl/α,β-unsaturated/α-hetero) is 1. The smallest absolute Gasteiger partial charge is 0.194 e. The van der Waals surface area contributed by atoms with Gasteiger partial charge in [-0.1, -0.05) is 18.9 Å². The Morgan fingerprint density at radius 2 is 1.58 bits per heavy atom. The summed E-state index contributed by atoms with van der Waals surface area (Å²) in [4.78, 5) is 12.2. The molecule has 1 nitrogen and oxygen atoms in total. The first-order valence-corrected chi connectivity index (χ1v) is 6.48. The van der Waals surface area contributed by atoms with Gasteiger partial charge in [0.05, 0.1) is 0 Å². The molecule has 0 fully saturated rings. The van der Waals surface area contributed by atoms with Crippen LogP contribution in [0.4, 0.5) is 13.2 Å². The topological polar surface area (TPSA) is 17.1 Å². The Morgan fingerprint density at radius 1 is 0.947 bits per heavy atom. The van der Waals surface area contributed by atoms with E-state index in [4.69, 9.17) is 0 Å². The molecule has 1 aliphatic carbocycles. The maximum Gasteiger partial charge on any atom is 0.194 e. The fourth-order valence-electron chi connectivity index (χ4n) is 2.27. The van der Waals surface area contributed by atoms with E-state index in [2.05, 4.69) is 0 Å². The van der Waals surface area contributed by atoms with Gasteiger partial charge in [0.25, 0.3) is 0 Å². The van der Waals surface area contributed by atoms with Gasteiger partial charge in [-0.3, -0.25) is 4.79 Å². The minimum atomic E-state index is -1.54. The summed E-state index contributed by atoms with van der Waals surface area (Å²) in [7, 11) is 0. The van der Waals surface area contributed by atoms with Crippen molar-refractivity contribution in [1.29, 1.82) is 0 Å². The van der Waals surface area contributed by atoms with Gasteiger partial charge in [-0.05, 0) is 43.4 Å². The van der Waals surface area contributed by atoms with Gasteiger partial charge in [0, 0.05) is 5.56 Å². The van der Waals surface area contributed by atoms with Crippen LogP contribution in [0.2, 0.25) is 0 Å². The molecule has 0 bridgehead atoms. The van der Waals surface area contributed by atoms with Gasteiger partial charge >= 0.3 is 0 Å².